The Kier molecular flexibility index (Phi) is 4.70. The molecule has 1 heterocycles. The Labute approximate surface area is 126 Å². The van der Waals surface area contributed by atoms with Crippen LogP contribution in [0.3, 0.4) is 0 Å². The third-order valence-corrected chi connectivity index (χ3v) is 4.10. The maximum absolute atomic E-state index is 12.3. The van der Waals surface area contributed by atoms with Gasteiger partial charge in [0.15, 0.2) is 0 Å². The highest BCUT2D eigenvalue weighted by Crippen LogP contribution is 2.26. The average molecular weight is 304 g/mol. The SMILES string of the molecule is CC(C)C(NC(=O)c1ccc([N+](=O)[O-])cc1)c1cccs1. The van der Waals surface area contributed by atoms with Crippen molar-refractivity contribution in [2.45, 2.75) is 19.9 Å². The quantitative estimate of drug-likeness (QED) is 0.675. The Morgan fingerprint density at radius 3 is 2.38 bits per heavy atom. The van der Waals surface area contributed by atoms with Crippen LogP contribution in [0.15, 0.2) is 41.8 Å². The van der Waals surface area contributed by atoms with Crippen LogP contribution in [0, 0.1) is 16.0 Å². The van der Waals surface area contributed by atoms with E-state index in [0.29, 0.717) is 5.56 Å². The van der Waals surface area contributed by atoms with Crippen molar-refractivity contribution < 1.29 is 9.72 Å². The van der Waals surface area contributed by atoms with Crippen molar-refractivity contribution in [1.29, 1.82) is 0 Å². The van der Waals surface area contributed by atoms with Gasteiger partial charge in [-0.25, -0.2) is 0 Å². The number of nitrogens with zero attached hydrogens (tertiary/aromatic N) is 1. The molecule has 21 heavy (non-hydrogen) atoms. The lowest BCUT2D eigenvalue weighted by Gasteiger charge is -2.21. The molecule has 0 radical (unpaired) electrons. The van der Waals surface area contributed by atoms with Gasteiger partial charge in [0.25, 0.3) is 11.6 Å². The zero-order valence-electron chi connectivity index (χ0n) is 11.8. The predicted molar refractivity (Wildman–Crippen MR) is 82.5 cm³/mol. The highest BCUT2D eigenvalue weighted by molar-refractivity contribution is 7.10. The van der Waals surface area contributed by atoms with E-state index in [-0.39, 0.29) is 23.6 Å². The fourth-order valence-electron chi connectivity index (χ4n) is 1.99. The summed E-state index contributed by atoms with van der Waals surface area (Å²) in [5.74, 6) is 0.0302. The number of non-ortho nitro benzene ring substituents is 1. The number of carbonyl (C=O) groups excluding carboxylic acids is 1. The molecule has 0 aliphatic carbocycles. The van der Waals surface area contributed by atoms with Gasteiger partial charge in [0, 0.05) is 22.6 Å². The molecule has 1 N–H and O–H groups in total. The maximum atomic E-state index is 12.3. The van der Waals surface area contributed by atoms with Crippen LogP contribution in [0.25, 0.3) is 0 Å². The van der Waals surface area contributed by atoms with E-state index >= 15 is 0 Å². The van der Waals surface area contributed by atoms with Gasteiger partial charge in [0.1, 0.15) is 0 Å². The van der Waals surface area contributed by atoms with Crippen molar-refractivity contribution in [1.82, 2.24) is 5.32 Å². The monoisotopic (exact) mass is 304 g/mol. The van der Waals surface area contributed by atoms with Gasteiger partial charge in [0.2, 0.25) is 0 Å². The van der Waals surface area contributed by atoms with E-state index in [1.54, 1.807) is 11.3 Å². The second-order valence-corrected chi connectivity index (χ2v) is 5.99. The first-order valence-corrected chi connectivity index (χ1v) is 7.45. The van der Waals surface area contributed by atoms with Crippen LogP contribution in [-0.4, -0.2) is 10.8 Å². The van der Waals surface area contributed by atoms with Gasteiger partial charge < -0.3 is 5.32 Å². The maximum Gasteiger partial charge on any atom is 0.269 e. The van der Waals surface area contributed by atoms with E-state index in [0.717, 1.165) is 4.88 Å². The highest BCUT2D eigenvalue weighted by atomic mass is 32.1. The molecule has 1 amide bonds. The molecule has 0 saturated carbocycles. The van der Waals surface area contributed by atoms with Gasteiger partial charge >= 0.3 is 0 Å². The number of hydrogen-bond acceptors (Lipinski definition) is 4. The van der Waals surface area contributed by atoms with Gasteiger partial charge in [0.05, 0.1) is 11.0 Å². The normalized spacial score (nSPS) is 12.1. The molecule has 0 aliphatic heterocycles. The van der Waals surface area contributed by atoms with Gasteiger partial charge in [-0.3, -0.25) is 14.9 Å². The second-order valence-electron chi connectivity index (χ2n) is 5.01. The first-order valence-electron chi connectivity index (χ1n) is 6.57. The summed E-state index contributed by atoms with van der Waals surface area (Å²) in [4.78, 5) is 23.5. The lowest BCUT2D eigenvalue weighted by atomic mass is 10.0. The number of thiophene rings is 1. The summed E-state index contributed by atoms with van der Waals surface area (Å²) >= 11 is 1.60. The highest BCUT2D eigenvalue weighted by Gasteiger charge is 2.20. The molecule has 0 bridgehead atoms. The standard InChI is InChI=1S/C15H16N2O3S/c1-10(2)14(13-4-3-9-21-13)16-15(18)11-5-7-12(8-6-11)17(19)20/h3-10,14H,1-2H3,(H,16,18). The molecule has 1 aromatic heterocycles. The lowest BCUT2D eigenvalue weighted by Crippen LogP contribution is -2.31. The molecule has 0 spiro atoms. The molecule has 1 aromatic carbocycles. The molecule has 2 rings (SSSR count). The van der Waals surface area contributed by atoms with Crippen LogP contribution in [0.4, 0.5) is 5.69 Å². The summed E-state index contributed by atoms with van der Waals surface area (Å²) in [5, 5.41) is 15.6. The Morgan fingerprint density at radius 1 is 1.24 bits per heavy atom. The van der Waals surface area contributed by atoms with Crippen LogP contribution in [0.2, 0.25) is 0 Å². The van der Waals surface area contributed by atoms with Gasteiger partial charge in [-0.2, -0.15) is 0 Å². The van der Waals surface area contributed by atoms with E-state index in [1.165, 1.54) is 24.3 Å². The van der Waals surface area contributed by atoms with Crippen LogP contribution in [0.1, 0.15) is 35.1 Å². The number of nitrogens with one attached hydrogen (secondary N) is 1. The van der Waals surface area contributed by atoms with E-state index < -0.39 is 4.92 Å². The minimum Gasteiger partial charge on any atom is -0.344 e. The van der Waals surface area contributed by atoms with Crippen LogP contribution in [-0.2, 0) is 0 Å². The van der Waals surface area contributed by atoms with Crippen LogP contribution in [0.5, 0.6) is 0 Å². The number of nitro benzene ring substituents is 1. The zero-order chi connectivity index (χ0) is 15.4. The van der Waals surface area contributed by atoms with Crippen molar-refractivity contribution in [3.8, 4) is 0 Å². The molecule has 6 heteroatoms. The Morgan fingerprint density at radius 2 is 1.90 bits per heavy atom. The van der Waals surface area contributed by atoms with E-state index in [9.17, 15) is 14.9 Å². The molecule has 2 aromatic rings. The van der Waals surface area contributed by atoms with Crippen molar-refractivity contribution in [2.75, 3.05) is 0 Å². The largest absolute Gasteiger partial charge is 0.344 e. The zero-order valence-corrected chi connectivity index (χ0v) is 12.6. The Balaban J connectivity index is 2.14. The first-order chi connectivity index (χ1) is 9.99. The number of nitro groups is 1. The average Bonchev–Trinajstić information content (AvgIpc) is 2.98. The first kappa shape index (κ1) is 15.2. The van der Waals surface area contributed by atoms with Gasteiger partial charge in [-0.15, -0.1) is 11.3 Å². The molecule has 0 saturated heterocycles. The molecule has 1 atom stereocenters. The number of carbonyl (C=O) groups is 1. The van der Waals surface area contributed by atoms with E-state index in [4.69, 9.17) is 0 Å². The number of hydrogen-bond donors (Lipinski definition) is 1. The summed E-state index contributed by atoms with van der Waals surface area (Å²) in [5.41, 5.74) is 0.396. The fourth-order valence-corrected chi connectivity index (χ4v) is 2.94. The van der Waals surface area contributed by atoms with Gasteiger partial charge in [-0.05, 0) is 29.5 Å². The number of amides is 1. The van der Waals surface area contributed by atoms with E-state index in [1.807, 2.05) is 31.4 Å². The summed E-state index contributed by atoms with van der Waals surface area (Å²) in [6.45, 7) is 4.08. The molecule has 0 fully saturated rings. The summed E-state index contributed by atoms with van der Waals surface area (Å²) in [6, 6.07) is 9.50. The van der Waals surface area contributed by atoms with Gasteiger partial charge in [-0.1, -0.05) is 19.9 Å². The smallest absolute Gasteiger partial charge is 0.269 e. The molecular formula is C15H16N2O3S. The summed E-state index contributed by atoms with van der Waals surface area (Å²) in [6.07, 6.45) is 0. The second kappa shape index (κ2) is 6.49. The fraction of sp³-hybridized carbons (Fsp3) is 0.267. The topological polar surface area (TPSA) is 72.2 Å². The minimum absolute atomic E-state index is 0.0229. The lowest BCUT2D eigenvalue weighted by molar-refractivity contribution is -0.384. The number of rotatable bonds is 5. The molecular weight excluding hydrogens is 288 g/mol. The summed E-state index contributed by atoms with van der Waals surface area (Å²) in [7, 11) is 0. The molecule has 1 unspecified atom stereocenters. The van der Waals surface area contributed by atoms with Crippen molar-refractivity contribution in [3.63, 3.8) is 0 Å². The molecule has 0 aliphatic rings. The Hall–Kier alpha value is -2.21. The Bertz CT molecular complexity index is 621. The molecule has 5 nitrogen and oxygen atoms in total. The third-order valence-electron chi connectivity index (χ3n) is 3.14. The number of benzene rings is 1. The van der Waals surface area contributed by atoms with E-state index in [2.05, 4.69) is 5.32 Å². The third kappa shape index (κ3) is 3.66. The summed E-state index contributed by atoms with van der Waals surface area (Å²) < 4.78 is 0. The van der Waals surface area contributed by atoms with Crippen LogP contribution >= 0.6 is 11.3 Å². The van der Waals surface area contributed by atoms with Crippen molar-refractivity contribution in [2.24, 2.45) is 5.92 Å². The van der Waals surface area contributed by atoms with Crippen LogP contribution < -0.4 is 5.32 Å². The predicted octanol–water partition coefficient (Wildman–Crippen LogP) is 3.78. The van der Waals surface area contributed by atoms with Crippen molar-refractivity contribution >= 4 is 22.9 Å². The van der Waals surface area contributed by atoms with Crippen molar-refractivity contribution in [3.05, 3.63) is 62.3 Å². The minimum atomic E-state index is -0.482. The molecule has 110 valence electrons.